The highest BCUT2D eigenvalue weighted by atomic mass is 79.9. The molecule has 1 N–H and O–H groups in total. The molecule has 0 aliphatic rings. The van der Waals surface area contributed by atoms with Gasteiger partial charge in [-0.1, -0.05) is 41.4 Å². The molecule has 5 nitrogen and oxygen atoms in total. The highest BCUT2D eigenvalue weighted by Gasteiger charge is 2.18. The Morgan fingerprint density at radius 3 is 2.61 bits per heavy atom. The van der Waals surface area contributed by atoms with E-state index < -0.39 is 0 Å². The first-order valence-electron chi connectivity index (χ1n) is 9.61. The second kappa shape index (κ2) is 10.2. The van der Waals surface area contributed by atoms with Gasteiger partial charge in [-0.3, -0.25) is 0 Å². The fourth-order valence-electron chi connectivity index (χ4n) is 3.17. The van der Waals surface area contributed by atoms with Crippen LogP contribution < -0.4 is 9.47 Å². The van der Waals surface area contributed by atoms with Crippen LogP contribution in [0.25, 0.3) is 22.7 Å². The number of benzene rings is 3. The Morgan fingerprint density at radius 1 is 1.12 bits per heavy atom. The van der Waals surface area contributed by atoms with Crippen molar-refractivity contribution in [2.24, 2.45) is 0 Å². The molecule has 3 aromatic carbocycles. The highest BCUT2D eigenvalue weighted by molar-refractivity contribution is 9.13. The second-order valence-corrected chi connectivity index (χ2v) is 9.34. The molecule has 0 amide bonds. The van der Waals surface area contributed by atoms with Gasteiger partial charge in [0, 0.05) is 4.47 Å². The third kappa shape index (κ3) is 5.04. The van der Waals surface area contributed by atoms with Crippen molar-refractivity contribution in [3.05, 3.63) is 84.5 Å². The lowest BCUT2D eigenvalue weighted by atomic mass is 10.1. The van der Waals surface area contributed by atoms with E-state index in [0.717, 1.165) is 22.2 Å². The molecule has 0 aliphatic carbocycles. The van der Waals surface area contributed by atoms with Crippen LogP contribution in [0.5, 0.6) is 11.5 Å². The van der Waals surface area contributed by atoms with Crippen LogP contribution in [-0.2, 0) is 6.61 Å². The Balaban J connectivity index is 1.68. The summed E-state index contributed by atoms with van der Waals surface area (Å²) in [7, 11) is 1.56. The normalized spacial score (nSPS) is 11.5. The molecular formula is C24H15Br2Cl2N3O2. The quantitative estimate of drug-likeness (QED) is 0.225. The highest BCUT2D eigenvalue weighted by Crippen LogP contribution is 2.44. The number of imidazole rings is 1. The summed E-state index contributed by atoms with van der Waals surface area (Å²) < 4.78 is 12.9. The van der Waals surface area contributed by atoms with E-state index in [1.165, 1.54) is 0 Å². The summed E-state index contributed by atoms with van der Waals surface area (Å²) >= 11 is 19.3. The molecule has 0 saturated heterocycles. The van der Waals surface area contributed by atoms with E-state index >= 15 is 0 Å². The van der Waals surface area contributed by atoms with E-state index in [1.54, 1.807) is 31.4 Å². The molecule has 9 heteroatoms. The van der Waals surface area contributed by atoms with Gasteiger partial charge in [0.25, 0.3) is 0 Å². The van der Waals surface area contributed by atoms with E-state index in [1.807, 2.05) is 30.3 Å². The number of para-hydroxylation sites is 2. The van der Waals surface area contributed by atoms with Crippen molar-refractivity contribution in [3.63, 3.8) is 0 Å². The molecule has 4 aromatic rings. The van der Waals surface area contributed by atoms with Crippen molar-refractivity contribution in [2.45, 2.75) is 6.61 Å². The number of nitrogens with zero attached hydrogens (tertiary/aromatic N) is 2. The molecule has 0 atom stereocenters. The van der Waals surface area contributed by atoms with Crippen molar-refractivity contribution in [2.75, 3.05) is 7.11 Å². The summed E-state index contributed by atoms with van der Waals surface area (Å²) in [5.74, 6) is 1.49. The van der Waals surface area contributed by atoms with Gasteiger partial charge in [0.05, 0.1) is 38.2 Å². The predicted molar refractivity (Wildman–Crippen MR) is 139 cm³/mol. The summed E-state index contributed by atoms with van der Waals surface area (Å²) in [5, 5.41) is 10.7. The minimum absolute atomic E-state index is 0.260. The standard InChI is InChI=1S/C24H15Br2Cl2N3O2/c1-32-20-10-14(9-15(11-29)24-30-18-4-2-3-5-19(18)31-24)21(25)22(26)23(20)33-12-13-6-7-16(27)17(28)8-13/h2-10H,12H2,1H3,(H,30,31)/b15-9-. The molecule has 0 bridgehead atoms. The summed E-state index contributed by atoms with van der Waals surface area (Å²) in [5.41, 5.74) is 3.60. The number of ether oxygens (including phenoxy) is 2. The first kappa shape index (κ1) is 23.7. The number of methoxy groups -OCH3 is 1. The number of halogens is 4. The van der Waals surface area contributed by atoms with E-state index in [4.69, 9.17) is 32.7 Å². The summed E-state index contributed by atoms with van der Waals surface area (Å²) in [6, 6.07) is 16.9. The molecule has 0 saturated carbocycles. The number of allylic oxidation sites excluding steroid dienone is 1. The molecule has 1 heterocycles. The molecule has 0 unspecified atom stereocenters. The minimum atomic E-state index is 0.260. The van der Waals surface area contributed by atoms with Crippen LogP contribution in [0.15, 0.2) is 57.5 Å². The molecule has 0 spiro atoms. The first-order valence-corrected chi connectivity index (χ1v) is 11.9. The number of fused-ring (bicyclic) bond motifs is 1. The average Bonchev–Trinajstić information content (AvgIpc) is 3.25. The smallest absolute Gasteiger partial charge is 0.177 e. The maximum Gasteiger partial charge on any atom is 0.177 e. The Bertz CT molecular complexity index is 1390. The van der Waals surface area contributed by atoms with Gasteiger partial charge in [-0.05, 0) is 79.4 Å². The SMILES string of the molecule is COc1cc(/C=C(/C#N)c2nc3ccccc3[nH]2)c(Br)c(Br)c1OCc1ccc(Cl)c(Cl)c1. The maximum atomic E-state index is 9.78. The molecular weight excluding hydrogens is 593 g/mol. The summed E-state index contributed by atoms with van der Waals surface area (Å²) in [6.45, 7) is 0.260. The fourth-order valence-corrected chi connectivity index (χ4v) is 4.44. The van der Waals surface area contributed by atoms with E-state index in [0.29, 0.717) is 41.9 Å². The van der Waals surface area contributed by atoms with Gasteiger partial charge in [-0.15, -0.1) is 0 Å². The summed E-state index contributed by atoms with van der Waals surface area (Å²) in [6.07, 6.45) is 1.73. The largest absolute Gasteiger partial charge is 0.493 e. The van der Waals surface area contributed by atoms with Gasteiger partial charge in [0.15, 0.2) is 11.5 Å². The number of nitriles is 1. The topological polar surface area (TPSA) is 70.9 Å². The molecule has 0 fully saturated rings. The van der Waals surface area contributed by atoms with Gasteiger partial charge in [0.1, 0.15) is 18.5 Å². The zero-order valence-electron chi connectivity index (χ0n) is 17.1. The average molecular weight is 608 g/mol. The lowest BCUT2D eigenvalue weighted by molar-refractivity contribution is 0.282. The van der Waals surface area contributed by atoms with Crippen LogP contribution in [-0.4, -0.2) is 17.1 Å². The lowest BCUT2D eigenvalue weighted by Gasteiger charge is -2.16. The van der Waals surface area contributed by atoms with Gasteiger partial charge in [0.2, 0.25) is 0 Å². The number of rotatable bonds is 6. The third-order valence-electron chi connectivity index (χ3n) is 4.81. The monoisotopic (exact) mass is 605 g/mol. The zero-order chi connectivity index (χ0) is 23.5. The Morgan fingerprint density at radius 2 is 1.91 bits per heavy atom. The van der Waals surface area contributed by atoms with E-state index in [9.17, 15) is 5.26 Å². The Hall–Kier alpha value is -2.50. The number of H-pyrrole nitrogens is 1. The minimum Gasteiger partial charge on any atom is -0.493 e. The van der Waals surface area contributed by atoms with Crippen molar-refractivity contribution in [1.82, 2.24) is 9.97 Å². The molecule has 33 heavy (non-hydrogen) atoms. The summed E-state index contributed by atoms with van der Waals surface area (Å²) in [4.78, 5) is 7.70. The molecule has 166 valence electrons. The third-order valence-corrected chi connectivity index (χ3v) is 7.69. The Labute approximate surface area is 217 Å². The van der Waals surface area contributed by atoms with Crippen molar-refractivity contribution < 1.29 is 9.47 Å². The van der Waals surface area contributed by atoms with Crippen LogP contribution in [0.2, 0.25) is 10.0 Å². The zero-order valence-corrected chi connectivity index (χ0v) is 21.8. The fraction of sp³-hybridized carbons (Fsp3) is 0.0833. The second-order valence-electron chi connectivity index (χ2n) is 6.93. The van der Waals surface area contributed by atoms with Gasteiger partial charge in [-0.25, -0.2) is 4.98 Å². The van der Waals surface area contributed by atoms with Crippen molar-refractivity contribution in [3.8, 4) is 17.6 Å². The number of hydrogen-bond acceptors (Lipinski definition) is 4. The van der Waals surface area contributed by atoms with Crippen LogP contribution in [0.1, 0.15) is 17.0 Å². The maximum absolute atomic E-state index is 9.78. The number of hydrogen-bond donors (Lipinski definition) is 1. The predicted octanol–water partition coefficient (Wildman–Crippen LogP) is 8.05. The number of nitrogens with one attached hydrogen (secondary N) is 1. The molecule has 0 radical (unpaired) electrons. The molecule has 4 rings (SSSR count). The van der Waals surface area contributed by atoms with Crippen LogP contribution in [0.3, 0.4) is 0 Å². The Kier molecular flexibility index (Phi) is 7.30. The molecule has 1 aromatic heterocycles. The van der Waals surface area contributed by atoms with Crippen molar-refractivity contribution in [1.29, 1.82) is 5.26 Å². The number of aromatic nitrogens is 2. The van der Waals surface area contributed by atoms with Gasteiger partial charge in [-0.2, -0.15) is 5.26 Å². The van der Waals surface area contributed by atoms with Crippen LogP contribution in [0, 0.1) is 11.3 Å². The lowest BCUT2D eigenvalue weighted by Crippen LogP contribution is -2.00. The van der Waals surface area contributed by atoms with E-state index in [-0.39, 0.29) is 6.61 Å². The molecule has 0 aliphatic heterocycles. The number of aromatic amines is 1. The first-order chi connectivity index (χ1) is 15.9. The van der Waals surface area contributed by atoms with Crippen molar-refractivity contribution >= 4 is 77.7 Å². The van der Waals surface area contributed by atoms with E-state index in [2.05, 4.69) is 47.9 Å². The van der Waals surface area contributed by atoms with Gasteiger partial charge < -0.3 is 14.5 Å². The van der Waals surface area contributed by atoms with Gasteiger partial charge >= 0.3 is 0 Å². The van der Waals surface area contributed by atoms with Crippen LogP contribution in [0.4, 0.5) is 0 Å². The van der Waals surface area contributed by atoms with Crippen LogP contribution >= 0.6 is 55.1 Å².